The Kier molecular flexibility index (Phi) is 6.93. The Bertz CT molecular complexity index is 937. The van der Waals surface area contributed by atoms with Crippen molar-refractivity contribution in [2.75, 3.05) is 19.7 Å². The zero-order chi connectivity index (χ0) is 23.7. The van der Waals surface area contributed by atoms with Crippen molar-refractivity contribution in [3.63, 3.8) is 0 Å². The van der Waals surface area contributed by atoms with Gasteiger partial charge in [-0.2, -0.15) is 0 Å². The lowest BCUT2D eigenvalue weighted by atomic mass is 9.76. The smallest absolute Gasteiger partial charge is 0.247 e. The van der Waals surface area contributed by atoms with Gasteiger partial charge in [0, 0.05) is 30.1 Å². The molecule has 34 heavy (non-hydrogen) atoms. The highest BCUT2D eigenvalue weighted by Crippen LogP contribution is 2.47. The molecule has 5 rings (SSSR count). The molecule has 7 nitrogen and oxygen atoms in total. The number of hydrogen-bond donors (Lipinski definition) is 3. The number of carbonyl (C=O) groups is 2. The van der Waals surface area contributed by atoms with Crippen molar-refractivity contribution < 1.29 is 24.5 Å². The molecular weight excluding hydrogens is 432 g/mol. The van der Waals surface area contributed by atoms with Crippen molar-refractivity contribution in [2.45, 2.75) is 75.5 Å². The predicted octanol–water partition coefficient (Wildman–Crippen LogP) is 2.52. The van der Waals surface area contributed by atoms with Crippen molar-refractivity contribution >= 4 is 11.8 Å². The highest BCUT2D eigenvalue weighted by molar-refractivity contribution is 5.96. The van der Waals surface area contributed by atoms with Crippen molar-refractivity contribution in [3.05, 3.63) is 41.5 Å². The third-order valence-electron chi connectivity index (χ3n) is 8.15. The lowest BCUT2D eigenvalue weighted by Crippen LogP contribution is -2.58. The normalized spacial score (nSPS) is 28.7. The van der Waals surface area contributed by atoms with E-state index in [0.717, 1.165) is 37.7 Å². The third-order valence-corrected chi connectivity index (χ3v) is 8.15. The summed E-state index contributed by atoms with van der Waals surface area (Å²) in [6.07, 6.45) is 8.88. The minimum absolute atomic E-state index is 0.00951. The average Bonchev–Trinajstić information content (AvgIpc) is 3.21. The van der Waals surface area contributed by atoms with Crippen LogP contribution >= 0.6 is 0 Å². The molecule has 0 saturated heterocycles. The predicted molar refractivity (Wildman–Crippen MR) is 127 cm³/mol. The Balaban J connectivity index is 1.50. The van der Waals surface area contributed by atoms with E-state index >= 15 is 0 Å². The monoisotopic (exact) mass is 468 g/mol. The van der Waals surface area contributed by atoms with Gasteiger partial charge in [-0.3, -0.25) is 9.59 Å². The minimum atomic E-state index is -0.931. The molecule has 3 N–H and O–H groups in total. The van der Waals surface area contributed by atoms with Crippen molar-refractivity contribution in [2.24, 2.45) is 11.8 Å². The lowest BCUT2D eigenvalue weighted by Gasteiger charge is -2.44. The van der Waals surface area contributed by atoms with Gasteiger partial charge in [0.05, 0.1) is 18.6 Å². The Morgan fingerprint density at radius 1 is 1.06 bits per heavy atom. The highest BCUT2D eigenvalue weighted by Gasteiger charge is 2.51. The summed E-state index contributed by atoms with van der Waals surface area (Å²) in [5, 5.41) is 23.6. The van der Waals surface area contributed by atoms with Gasteiger partial charge in [0.2, 0.25) is 11.8 Å². The first kappa shape index (κ1) is 23.4. The van der Waals surface area contributed by atoms with E-state index in [-0.39, 0.29) is 30.9 Å². The first-order valence-electron chi connectivity index (χ1n) is 12.9. The van der Waals surface area contributed by atoms with Crippen LogP contribution in [0.15, 0.2) is 35.9 Å². The maximum Gasteiger partial charge on any atom is 0.247 e. The number of carbonyl (C=O) groups excluding carboxylic acids is 2. The summed E-state index contributed by atoms with van der Waals surface area (Å²) < 4.78 is 6.20. The number of hydrogen-bond acceptors (Lipinski definition) is 5. The molecular formula is C27H36N2O5. The molecule has 4 atom stereocenters. The number of nitrogens with one attached hydrogen (secondary N) is 1. The maximum absolute atomic E-state index is 13.6. The van der Waals surface area contributed by atoms with E-state index in [1.807, 2.05) is 35.2 Å². The number of amides is 2. The van der Waals surface area contributed by atoms with Crippen LogP contribution in [-0.2, 0) is 9.59 Å². The SMILES string of the molecule is O=C(NCCO)C1=CC(N(CC2CCCCC2)C(=O)C2CCC2)C(O)C2Oc3ccccc3C12. The van der Waals surface area contributed by atoms with Gasteiger partial charge in [0.25, 0.3) is 0 Å². The van der Waals surface area contributed by atoms with Gasteiger partial charge in [0.15, 0.2) is 0 Å². The van der Waals surface area contributed by atoms with Gasteiger partial charge in [-0.25, -0.2) is 0 Å². The van der Waals surface area contributed by atoms with Crippen molar-refractivity contribution in [1.29, 1.82) is 0 Å². The van der Waals surface area contributed by atoms with E-state index in [4.69, 9.17) is 4.74 Å². The fourth-order valence-electron chi connectivity index (χ4n) is 6.09. The van der Waals surface area contributed by atoms with E-state index < -0.39 is 24.2 Å². The second-order valence-electron chi connectivity index (χ2n) is 10.3. The molecule has 1 aromatic carbocycles. The number of fused-ring (bicyclic) bond motifs is 3. The second kappa shape index (κ2) is 10.1. The molecule has 1 aromatic rings. The number of para-hydroxylation sites is 1. The molecule has 2 fully saturated rings. The second-order valence-corrected chi connectivity index (χ2v) is 10.3. The van der Waals surface area contributed by atoms with E-state index in [0.29, 0.717) is 23.8 Å². The average molecular weight is 469 g/mol. The quantitative estimate of drug-likeness (QED) is 0.571. The molecule has 4 unspecified atom stereocenters. The summed E-state index contributed by atoms with van der Waals surface area (Å²) >= 11 is 0. The van der Waals surface area contributed by atoms with Crippen molar-refractivity contribution in [3.8, 4) is 5.75 Å². The van der Waals surface area contributed by atoms with Crippen LogP contribution in [0.25, 0.3) is 0 Å². The topological polar surface area (TPSA) is 99.1 Å². The van der Waals surface area contributed by atoms with E-state index in [1.165, 1.54) is 19.3 Å². The largest absolute Gasteiger partial charge is 0.486 e. The molecule has 2 amide bonds. The van der Waals surface area contributed by atoms with Crippen LogP contribution in [0.1, 0.15) is 62.8 Å². The zero-order valence-corrected chi connectivity index (χ0v) is 19.7. The molecule has 0 radical (unpaired) electrons. The van der Waals surface area contributed by atoms with Crippen LogP contribution in [0.5, 0.6) is 5.75 Å². The lowest BCUT2D eigenvalue weighted by molar-refractivity contribution is -0.145. The molecule has 3 aliphatic carbocycles. The highest BCUT2D eigenvalue weighted by atomic mass is 16.5. The molecule has 7 heteroatoms. The minimum Gasteiger partial charge on any atom is -0.486 e. The van der Waals surface area contributed by atoms with Crippen LogP contribution in [0, 0.1) is 11.8 Å². The number of ether oxygens (including phenoxy) is 1. The molecule has 4 aliphatic rings. The van der Waals surface area contributed by atoms with Gasteiger partial charge in [0.1, 0.15) is 18.0 Å². The first-order chi connectivity index (χ1) is 16.6. The van der Waals surface area contributed by atoms with Crippen LogP contribution < -0.4 is 10.1 Å². The van der Waals surface area contributed by atoms with Crippen LogP contribution in [0.3, 0.4) is 0 Å². The number of rotatable bonds is 7. The van der Waals surface area contributed by atoms with Gasteiger partial charge < -0.3 is 25.2 Å². The van der Waals surface area contributed by atoms with E-state index in [9.17, 15) is 19.8 Å². The van der Waals surface area contributed by atoms with E-state index in [2.05, 4.69) is 5.32 Å². The molecule has 0 bridgehead atoms. The number of aliphatic hydroxyl groups is 2. The Labute approximate surface area is 201 Å². The molecule has 0 spiro atoms. The van der Waals surface area contributed by atoms with Gasteiger partial charge in [-0.05, 0) is 43.7 Å². The fourth-order valence-corrected chi connectivity index (χ4v) is 6.09. The van der Waals surface area contributed by atoms with Gasteiger partial charge in [-0.15, -0.1) is 0 Å². The summed E-state index contributed by atoms with van der Waals surface area (Å²) in [4.78, 5) is 28.7. The third kappa shape index (κ3) is 4.36. The Hall–Kier alpha value is -2.38. The van der Waals surface area contributed by atoms with Crippen molar-refractivity contribution in [1.82, 2.24) is 10.2 Å². The molecule has 184 valence electrons. The molecule has 1 aliphatic heterocycles. The standard InChI is InChI=1S/C27H36N2O5/c30-14-13-28-26(32)20-15-21(24(31)25-23(20)19-11-4-5-12-22(19)34-25)29(27(33)18-9-6-10-18)16-17-7-2-1-3-8-17/h4-5,11-12,15,17-18,21,23-25,30-31H,1-3,6-10,13-14,16H2,(H,28,32). The summed E-state index contributed by atoms with van der Waals surface area (Å²) in [5.74, 6) is 0.509. The van der Waals surface area contributed by atoms with Crippen LogP contribution in [-0.4, -0.2) is 64.9 Å². The van der Waals surface area contributed by atoms with Crippen LogP contribution in [0.4, 0.5) is 0 Å². The molecule has 1 heterocycles. The van der Waals surface area contributed by atoms with Gasteiger partial charge in [-0.1, -0.05) is 43.9 Å². The number of aliphatic hydroxyl groups excluding tert-OH is 2. The summed E-state index contributed by atoms with van der Waals surface area (Å²) in [6, 6.07) is 6.96. The van der Waals surface area contributed by atoms with E-state index in [1.54, 1.807) is 0 Å². The number of nitrogens with zero attached hydrogens (tertiary/aromatic N) is 1. The van der Waals surface area contributed by atoms with Gasteiger partial charge >= 0.3 is 0 Å². The van der Waals surface area contributed by atoms with Crippen LogP contribution in [0.2, 0.25) is 0 Å². The summed E-state index contributed by atoms with van der Waals surface area (Å²) in [5.41, 5.74) is 1.38. The summed E-state index contributed by atoms with van der Waals surface area (Å²) in [7, 11) is 0. The first-order valence-corrected chi connectivity index (χ1v) is 12.9. The Morgan fingerprint density at radius 2 is 1.82 bits per heavy atom. The number of benzene rings is 1. The summed E-state index contributed by atoms with van der Waals surface area (Å²) in [6.45, 7) is 0.611. The fraction of sp³-hybridized carbons (Fsp3) is 0.630. The maximum atomic E-state index is 13.6. The Morgan fingerprint density at radius 3 is 2.53 bits per heavy atom. The zero-order valence-electron chi connectivity index (χ0n) is 19.7. The molecule has 2 saturated carbocycles. The molecule has 0 aromatic heterocycles.